The summed E-state index contributed by atoms with van der Waals surface area (Å²) in [5.41, 5.74) is 0.972. The Morgan fingerprint density at radius 3 is 2.80 bits per heavy atom. The first kappa shape index (κ1) is 17.3. The van der Waals surface area contributed by atoms with Gasteiger partial charge in [-0.05, 0) is 44.4 Å². The molecule has 1 amide bonds. The van der Waals surface area contributed by atoms with Crippen LogP contribution in [0.2, 0.25) is 5.02 Å². The molecule has 9 heteroatoms. The van der Waals surface area contributed by atoms with Gasteiger partial charge in [-0.25, -0.2) is 13.9 Å². The van der Waals surface area contributed by atoms with E-state index in [2.05, 4.69) is 10.3 Å². The first-order valence-corrected chi connectivity index (χ1v) is 8.19. The van der Waals surface area contributed by atoms with Crippen LogP contribution in [0.3, 0.4) is 0 Å². The Hall–Kier alpha value is -2.48. The van der Waals surface area contributed by atoms with Gasteiger partial charge in [0.2, 0.25) is 0 Å². The molecule has 1 aliphatic heterocycles. The quantitative estimate of drug-likeness (QED) is 0.901. The number of carboxylic acids is 1. The van der Waals surface area contributed by atoms with E-state index in [4.69, 9.17) is 11.6 Å². The Kier molecular flexibility index (Phi) is 4.71. The smallest absolute Gasteiger partial charge is 0.326 e. The first-order chi connectivity index (χ1) is 11.9. The van der Waals surface area contributed by atoms with Gasteiger partial charge in [0, 0.05) is 6.54 Å². The average Bonchev–Trinajstić information content (AvgIpc) is 2.98. The predicted octanol–water partition coefficient (Wildman–Crippen LogP) is 2.45. The predicted molar refractivity (Wildman–Crippen MR) is 87.4 cm³/mol. The SMILES string of the molecule is Cc1c(C(=O)N2CCCCC2C(=O)O)nnn1-c1ccc(F)c(Cl)c1. The highest BCUT2D eigenvalue weighted by Crippen LogP contribution is 2.23. The van der Waals surface area contributed by atoms with Crippen molar-refractivity contribution in [2.24, 2.45) is 0 Å². The van der Waals surface area contributed by atoms with E-state index in [9.17, 15) is 19.1 Å². The number of hydrogen-bond donors (Lipinski definition) is 1. The molecule has 0 aliphatic carbocycles. The number of hydrogen-bond acceptors (Lipinski definition) is 4. The van der Waals surface area contributed by atoms with Gasteiger partial charge in [-0.2, -0.15) is 0 Å². The fraction of sp³-hybridized carbons (Fsp3) is 0.375. The molecule has 2 heterocycles. The topological polar surface area (TPSA) is 88.3 Å². The second-order valence-corrected chi connectivity index (χ2v) is 6.29. The molecule has 1 atom stereocenters. The second-order valence-electron chi connectivity index (χ2n) is 5.88. The minimum absolute atomic E-state index is 0.0674. The highest BCUT2D eigenvalue weighted by Gasteiger charge is 2.34. The van der Waals surface area contributed by atoms with Crippen molar-refractivity contribution >= 4 is 23.5 Å². The molecule has 25 heavy (non-hydrogen) atoms. The summed E-state index contributed by atoms with van der Waals surface area (Å²) < 4.78 is 14.7. The molecular formula is C16H16ClFN4O3. The van der Waals surface area contributed by atoms with E-state index in [1.165, 1.54) is 27.8 Å². The van der Waals surface area contributed by atoms with Gasteiger partial charge in [-0.1, -0.05) is 16.8 Å². The summed E-state index contributed by atoms with van der Waals surface area (Å²) in [6.45, 7) is 2.01. The van der Waals surface area contributed by atoms with Crippen molar-refractivity contribution in [3.05, 3.63) is 40.4 Å². The second kappa shape index (κ2) is 6.79. The lowest BCUT2D eigenvalue weighted by Crippen LogP contribution is -2.48. The Bertz CT molecular complexity index is 839. The molecule has 7 nitrogen and oxygen atoms in total. The molecule has 1 unspecified atom stereocenters. The molecule has 1 aromatic carbocycles. The summed E-state index contributed by atoms with van der Waals surface area (Å²) in [5, 5.41) is 17.1. The van der Waals surface area contributed by atoms with Crippen LogP contribution in [0.15, 0.2) is 18.2 Å². The third-order valence-corrected chi connectivity index (χ3v) is 4.58. The number of amides is 1. The third kappa shape index (κ3) is 3.21. The molecule has 0 bridgehead atoms. The number of carbonyl (C=O) groups excluding carboxylic acids is 1. The zero-order valence-corrected chi connectivity index (χ0v) is 14.2. The monoisotopic (exact) mass is 366 g/mol. The molecule has 1 fully saturated rings. The van der Waals surface area contributed by atoms with Crippen LogP contribution >= 0.6 is 11.6 Å². The molecule has 132 valence electrons. The maximum absolute atomic E-state index is 13.3. The molecule has 2 aromatic rings. The van der Waals surface area contributed by atoms with Gasteiger partial charge in [0.1, 0.15) is 11.9 Å². The third-order valence-electron chi connectivity index (χ3n) is 4.29. The van der Waals surface area contributed by atoms with Crippen LogP contribution in [0, 0.1) is 12.7 Å². The molecule has 1 N–H and O–H groups in total. The number of carbonyl (C=O) groups is 2. The summed E-state index contributed by atoms with van der Waals surface area (Å²) in [5.74, 6) is -2.05. The van der Waals surface area contributed by atoms with Crippen LogP contribution < -0.4 is 0 Å². The van der Waals surface area contributed by atoms with E-state index < -0.39 is 23.7 Å². The minimum Gasteiger partial charge on any atom is -0.480 e. The first-order valence-electron chi connectivity index (χ1n) is 7.81. The van der Waals surface area contributed by atoms with Crippen molar-refractivity contribution in [1.29, 1.82) is 0 Å². The van der Waals surface area contributed by atoms with Crippen LogP contribution in [-0.4, -0.2) is 49.5 Å². The van der Waals surface area contributed by atoms with Crippen molar-refractivity contribution in [1.82, 2.24) is 19.9 Å². The highest BCUT2D eigenvalue weighted by atomic mass is 35.5. The zero-order valence-electron chi connectivity index (χ0n) is 13.4. The van der Waals surface area contributed by atoms with Crippen LogP contribution in [0.4, 0.5) is 4.39 Å². The van der Waals surface area contributed by atoms with Crippen LogP contribution in [0.25, 0.3) is 5.69 Å². The summed E-state index contributed by atoms with van der Waals surface area (Å²) in [6, 6.07) is 3.20. The Morgan fingerprint density at radius 1 is 1.36 bits per heavy atom. The lowest BCUT2D eigenvalue weighted by molar-refractivity contribution is -0.143. The van der Waals surface area contributed by atoms with Gasteiger partial charge in [-0.3, -0.25) is 4.79 Å². The van der Waals surface area contributed by atoms with E-state index in [1.807, 2.05) is 0 Å². The lowest BCUT2D eigenvalue weighted by atomic mass is 10.0. The molecular weight excluding hydrogens is 351 g/mol. The summed E-state index contributed by atoms with van der Waals surface area (Å²) in [7, 11) is 0. The normalized spacial score (nSPS) is 17.6. The lowest BCUT2D eigenvalue weighted by Gasteiger charge is -2.32. The van der Waals surface area contributed by atoms with Crippen LogP contribution in [-0.2, 0) is 4.79 Å². The molecule has 0 saturated carbocycles. The molecule has 0 radical (unpaired) electrons. The standard InChI is InChI=1S/C16H16ClFN4O3/c1-9-14(15(23)21-7-3-2-4-13(21)16(24)25)19-20-22(9)10-5-6-12(18)11(17)8-10/h5-6,8,13H,2-4,7H2,1H3,(H,24,25). The number of piperidine rings is 1. The number of likely N-dealkylation sites (tertiary alicyclic amines) is 1. The average molecular weight is 367 g/mol. The fourth-order valence-electron chi connectivity index (χ4n) is 2.96. The molecule has 1 saturated heterocycles. The van der Waals surface area contributed by atoms with E-state index in [0.29, 0.717) is 24.3 Å². The Balaban J connectivity index is 1.93. The maximum Gasteiger partial charge on any atom is 0.326 e. The largest absolute Gasteiger partial charge is 0.480 e. The highest BCUT2D eigenvalue weighted by molar-refractivity contribution is 6.30. The maximum atomic E-state index is 13.3. The number of benzene rings is 1. The number of halogens is 2. The Morgan fingerprint density at radius 2 is 2.12 bits per heavy atom. The zero-order chi connectivity index (χ0) is 18.1. The summed E-state index contributed by atoms with van der Waals surface area (Å²) in [6.07, 6.45) is 1.93. The van der Waals surface area contributed by atoms with Crippen molar-refractivity contribution in [2.45, 2.75) is 32.2 Å². The van der Waals surface area contributed by atoms with Gasteiger partial charge in [0.25, 0.3) is 5.91 Å². The number of carboxylic acid groups (broad SMARTS) is 1. The van der Waals surface area contributed by atoms with E-state index in [1.54, 1.807) is 6.92 Å². The summed E-state index contributed by atoms with van der Waals surface area (Å²) >= 11 is 5.78. The van der Waals surface area contributed by atoms with Gasteiger partial charge in [0.15, 0.2) is 5.69 Å². The van der Waals surface area contributed by atoms with Crippen molar-refractivity contribution in [3.63, 3.8) is 0 Å². The van der Waals surface area contributed by atoms with Gasteiger partial charge < -0.3 is 10.0 Å². The van der Waals surface area contributed by atoms with Gasteiger partial charge in [0.05, 0.1) is 16.4 Å². The summed E-state index contributed by atoms with van der Waals surface area (Å²) in [4.78, 5) is 25.5. The number of aromatic nitrogens is 3. The number of aliphatic carboxylic acids is 1. The molecule has 1 aliphatic rings. The van der Waals surface area contributed by atoms with Crippen LogP contribution in [0.5, 0.6) is 0 Å². The fourth-order valence-corrected chi connectivity index (χ4v) is 3.13. The molecule has 3 rings (SSSR count). The van der Waals surface area contributed by atoms with Crippen molar-refractivity contribution in [3.8, 4) is 5.69 Å². The van der Waals surface area contributed by atoms with Crippen molar-refractivity contribution < 1.29 is 19.1 Å². The molecule has 1 aromatic heterocycles. The van der Waals surface area contributed by atoms with Gasteiger partial charge in [-0.15, -0.1) is 5.10 Å². The number of nitrogens with zero attached hydrogens (tertiary/aromatic N) is 4. The Labute approximate surface area is 148 Å². The van der Waals surface area contributed by atoms with E-state index in [0.717, 1.165) is 12.8 Å². The number of rotatable bonds is 3. The van der Waals surface area contributed by atoms with Crippen LogP contribution in [0.1, 0.15) is 35.4 Å². The van der Waals surface area contributed by atoms with Crippen molar-refractivity contribution in [2.75, 3.05) is 6.54 Å². The van der Waals surface area contributed by atoms with E-state index >= 15 is 0 Å². The van der Waals surface area contributed by atoms with Gasteiger partial charge >= 0.3 is 5.97 Å². The van der Waals surface area contributed by atoms with E-state index in [-0.39, 0.29) is 10.7 Å². The minimum atomic E-state index is -1.02. The molecule has 0 spiro atoms.